The molecule has 3 aromatic rings. The van der Waals surface area contributed by atoms with Gasteiger partial charge in [-0.25, -0.2) is 0 Å². The molecule has 0 fully saturated rings. The van der Waals surface area contributed by atoms with Gasteiger partial charge in [-0.15, -0.1) is 0 Å². The van der Waals surface area contributed by atoms with Crippen molar-refractivity contribution in [1.29, 1.82) is 0 Å². The highest BCUT2D eigenvalue weighted by Crippen LogP contribution is 2.38. The summed E-state index contributed by atoms with van der Waals surface area (Å²) in [4.78, 5) is 17.8. The molecule has 0 aliphatic carbocycles. The number of ether oxygens (including phenoxy) is 2. The summed E-state index contributed by atoms with van der Waals surface area (Å²) in [6.07, 6.45) is 2.10. The van der Waals surface area contributed by atoms with E-state index in [4.69, 9.17) is 14.5 Å². The lowest BCUT2D eigenvalue weighted by atomic mass is 9.84. The first-order valence-corrected chi connectivity index (χ1v) is 10.8. The van der Waals surface area contributed by atoms with Crippen LogP contribution in [-0.2, 0) is 9.53 Å². The Hall–Kier alpha value is -3.40. The van der Waals surface area contributed by atoms with Crippen molar-refractivity contribution in [3.05, 3.63) is 102 Å². The Morgan fingerprint density at radius 3 is 2.03 bits per heavy atom. The summed E-state index contributed by atoms with van der Waals surface area (Å²) in [6.45, 7) is 5.66. The van der Waals surface area contributed by atoms with Crippen LogP contribution in [0.25, 0.3) is 0 Å². The van der Waals surface area contributed by atoms with Gasteiger partial charge in [-0.3, -0.25) is 9.79 Å². The number of aliphatic imine (C=N–C) groups is 1. The van der Waals surface area contributed by atoms with Gasteiger partial charge in [0.05, 0.1) is 19.6 Å². The predicted molar refractivity (Wildman–Crippen MR) is 129 cm³/mol. The number of benzene rings is 3. The Morgan fingerprint density at radius 2 is 1.47 bits per heavy atom. The number of carbonyl (C=O) groups is 1. The Bertz CT molecular complexity index is 1010. The number of hydrogen-bond donors (Lipinski definition) is 0. The summed E-state index contributed by atoms with van der Waals surface area (Å²) in [5, 5.41) is 0. The van der Waals surface area contributed by atoms with Crippen molar-refractivity contribution >= 4 is 12.2 Å². The number of hydrogen-bond acceptors (Lipinski definition) is 4. The summed E-state index contributed by atoms with van der Waals surface area (Å²) in [7, 11) is 1.65. The van der Waals surface area contributed by atoms with Crippen molar-refractivity contribution in [1.82, 2.24) is 0 Å². The molecule has 0 aliphatic heterocycles. The molecular weight excluding hydrogens is 398 g/mol. The maximum atomic E-state index is 12.9. The molecule has 3 aromatic carbocycles. The third-order valence-corrected chi connectivity index (χ3v) is 5.06. The lowest BCUT2D eigenvalue weighted by Crippen LogP contribution is -2.26. The van der Waals surface area contributed by atoms with Crippen LogP contribution in [0.15, 0.2) is 89.9 Å². The Morgan fingerprint density at radius 1 is 0.875 bits per heavy atom. The van der Waals surface area contributed by atoms with Crippen molar-refractivity contribution in [3.8, 4) is 5.75 Å². The van der Waals surface area contributed by atoms with Crippen LogP contribution < -0.4 is 4.74 Å². The molecule has 4 heteroatoms. The van der Waals surface area contributed by atoms with Crippen molar-refractivity contribution < 1.29 is 14.3 Å². The first kappa shape index (κ1) is 23.3. The average Bonchev–Trinajstić information content (AvgIpc) is 2.79. The second kappa shape index (κ2) is 10.8. The smallest absolute Gasteiger partial charge is 0.307 e. The van der Waals surface area contributed by atoms with E-state index in [1.165, 1.54) is 0 Å². The van der Waals surface area contributed by atoms with Crippen LogP contribution >= 0.6 is 0 Å². The van der Waals surface area contributed by atoms with Gasteiger partial charge in [-0.2, -0.15) is 0 Å². The first-order chi connectivity index (χ1) is 15.4. The van der Waals surface area contributed by atoms with E-state index in [1.54, 1.807) is 7.11 Å². The highest BCUT2D eigenvalue weighted by atomic mass is 16.6. The fourth-order valence-electron chi connectivity index (χ4n) is 3.60. The van der Waals surface area contributed by atoms with Gasteiger partial charge in [-0.05, 0) is 49.6 Å². The third-order valence-electron chi connectivity index (χ3n) is 5.06. The minimum atomic E-state index is -0.540. The van der Waals surface area contributed by atoms with E-state index >= 15 is 0 Å². The zero-order valence-electron chi connectivity index (χ0n) is 19.2. The van der Waals surface area contributed by atoms with Gasteiger partial charge in [0, 0.05) is 12.1 Å². The number of rotatable bonds is 8. The molecule has 0 heterocycles. The summed E-state index contributed by atoms with van der Waals surface area (Å²) < 4.78 is 11.0. The second-order valence-electron chi connectivity index (χ2n) is 8.71. The Labute approximate surface area is 190 Å². The molecular formula is C28H31NO3. The molecule has 0 N–H and O–H groups in total. The molecule has 0 unspecified atom stereocenters. The van der Waals surface area contributed by atoms with Gasteiger partial charge in [0.25, 0.3) is 0 Å². The topological polar surface area (TPSA) is 47.9 Å². The Balaban J connectivity index is 2.02. The normalized spacial score (nSPS) is 13.5. The minimum Gasteiger partial charge on any atom is -0.497 e. The number of carbonyl (C=O) groups excluding carboxylic acids is 1. The molecule has 2 atom stereocenters. The highest BCUT2D eigenvalue weighted by molar-refractivity contribution is 5.80. The fourth-order valence-corrected chi connectivity index (χ4v) is 3.60. The van der Waals surface area contributed by atoms with Gasteiger partial charge in [0.2, 0.25) is 0 Å². The van der Waals surface area contributed by atoms with Gasteiger partial charge in [0.15, 0.2) is 0 Å². The number of nitrogens with zero attached hydrogens (tertiary/aromatic N) is 1. The maximum Gasteiger partial charge on any atom is 0.307 e. The molecule has 0 radical (unpaired) electrons. The van der Waals surface area contributed by atoms with E-state index < -0.39 is 5.60 Å². The van der Waals surface area contributed by atoms with E-state index in [9.17, 15) is 4.79 Å². The monoisotopic (exact) mass is 429 g/mol. The molecule has 4 nitrogen and oxygen atoms in total. The Kier molecular flexibility index (Phi) is 7.82. The van der Waals surface area contributed by atoms with Gasteiger partial charge >= 0.3 is 5.97 Å². The zero-order chi connectivity index (χ0) is 23.0. The maximum absolute atomic E-state index is 12.9. The minimum absolute atomic E-state index is 0.181. The first-order valence-electron chi connectivity index (χ1n) is 10.8. The summed E-state index contributed by atoms with van der Waals surface area (Å²) in [5.41, 5.74) is 2.52. The van der Waals surface area contributed by atoms with Crippen LogP contribution in [0.4, 0.5) is 0 Å². The molecule has 0 bridgehead atoms. The van der Waals surface area contributed by atoms with E-state index in [0.29, 0.717) is 0 Å². The van der Waals surface area contributed by atoms with Crippen molar-refractivity contribution in [2.75, 3.05) is 7.11 Å². The van der Waals surface area contributed by atoms with Crippen LogP contribution in [0, 0.1) is 0 Å². The van der Waals surface area contributed by atoms with E-state index in [1.807, 2.05) is 112 Å². The van der Waals surface area contributed by atoms with Crippen molar-refractivity contribution in [3.63, 3.8) is 0 Å². The number of esters is 1. The van der Waals surface area contributed by atoms with Gasteiger partial charge in [0.1, 0.15) is 11.4 Å². The molecule has 0 saturated heterocycles. The lowest BCUT2D eigenvalue weighted by molar-refractivity contribution is -0.155. The molecule has 166 valence electrons. The van der Waals surface area contributed by atoms with Crippen molar-refractivity contribution in [2.45, 2.75) is 44.8 Å². The van der Waals surface area contributed by atoms with E-state index in [0.717, 1.165) is 22.4 Å². The van der Waals surface area contributed by atoms with Gasteiger partial charge in [-0.1, -0.05) is 72.8 Å². The quantitative estimate of drug-likeness (QED) is 0.309. The predicted octanol–water partition coefficient (Wildman–Crippen LogP) is 6.37. The average molecular weight is 430 g/mol. The molecule has 0 aliphatic rings. The lowest BCUT2D eigenvalue weighted by Gasteiger charge is -2.27. The SMILES string of the molecule is COc1ccc([C@H](N=Cc2ccccc2)[C@H](CC(=O)OC(C)(C)C)c2ccccc2)cc1. The molecule has 0 aromatic heterocycles. The summed E-state index contributed by atoms with van der Waals surface area (Å²) in [6, 6.07) is 27.6. The van der Waals surface area contributed by atoms with Gasteiger partial charge < -0.3 is 9.47 Å². The largest absolute Gasteiger partial charge is 0.497 e. The second-order valence-corrected chi connectivity index (χ2v) is 8.71. The summed E-state index contributed by atoms with van der Waals surface area (Å²) >= 11 is 0. The van der Waals surface area contributed by atoms with Crippen LogP contribution in [-0.4, -0.2) is 24.9 Å². The highest BCUT2D eigenvalue weighted by Gasteiger charge is 2.29. The fraction of sp³-hybridized carbons (Fsp3) is 0.286. The third kappa shape index (κ3) is 6.81. The van der Waals surface area contributed by atoms with Crippen LogP contribution in [0.2, 0.25) is 0 Å². The van der Waals surface area contributed by atoms with E-state index in [-0.39, 0.29) is 24.3 Å². The zero-order valence-corrected chi connectivity index (χ0v) is 19.2. The molecule has 0 amide bonds. The summed E-state index contributed by atoms with van der Waals surface area (Å²) in [5.74, 6) is 0.363. The van der Waals surface area contributed by atoms with Crippen molar-refractivity contribution in [2.24, 2.45) is 4.99 Å². The van der Waals surface area contributed by atoms with Crippen LogP contribution in [0.1, 0.15) is 55.8 Å². The standard InChI is InChI=1S/C28H31NO3/c1-28(2,3)32-26(30)19-25(22-13-9-6-10-14-22)27(23-15-17-24(31-4)18-16-23)29-20-21-11-7-5-8-12-21/h5-18,20,25,27H,19H2,1-4H3/t25-,27+/m1/s1. The number of methoxy groups -OCH3 is 1. The molecule has 32 heavy (non-hydrogen) atoms. The van der Waals surface area contributed by atoms with Crippen LogP contribution in [0.3, 0.4) is 0 Å². The molecule has 3 rings (SSSR count). The molecule has 0 spiro atoms. The van der Waals surface area contributed by atoms with Crippen LogP contribution in [0.5, 0.6) is 5.75 Å². The molecule has 0 saturated carbocycles. The van der Waals surface area contributed by atoms with E-state index in [2.05, 4.69) is 0 Å².